The van der Waals surface area contributed by atoms with E-state index in [1.165, 1.54) is 32.1 Å². The fourth-order valence-corrected chi connectivity index (χ4v) is 1.72. The molecule has 0 atom stereocenters. The number of rotatable bonds is 11. The lowest BCUT2D eigenvalue weighted by atomic mass is 10.0. The maximum atomic E-state index is 11.3. The van der Waals surface area contributed by atoms with Crippen LogP contribution in [0.2, 0.25) is 0 Å². The van der Waals surface area contributed by atoms with E-state index in [9.17, 15) is 4.79 Å². The first-order valence-electron chi connectivity index (χ1n) is 6.92. The summed E-state index contributed by atoms with van der Waals surface area (Å²) in [6, 6.07) is 0. The molecule has 0 saturated carbocycles. The predicted molar refractivity (Wildman–Crippen MR) is 72.8 cm³/mol. The van der Waals surface area contributed by atoms with Crippen LogP contribution < -0.4 is 5.32 Å². The Kier molecular flexibility index (Phi) is 10.9. The van der Waals surface area contributed by atoms with Crippen LogP contribution >= 0.6 is 0 Å². The van der Waals surface area contributed by atoms with Crippen LogP contribution in [0.25, 0.3) is 0 Å². The molecule has 0 radical (unpaired) electrons. The summed E-state index contributed by atoms with van der Waals surface area (Å²) in [5.41, 5.74) is 0. The molecule has 0 aromatic carbocycles. The first-order chi connectivity index (χ1) is 7.68. The number of nitrogens with one attached hydrogen (secondary N) is 1. The highest BCUT2D eigenvalue weighted by Crippen LogP contribution is 2.09. The van der Waals surface area contributed by atoms with Crippen LogP contribution in [0.1, 0.15) is 67.1 Å². The molecular weight excluding hydrogens is 198 g/mol. The van der Waals surface area contributed by atoms with E-state index in [0.717, 1.165) is 25.9 Å². The zero-order valence-electron chi connectivity index (χ0n) is 11.3. The van der Waals surface area contributed by atoms with Gasteiger partial charge in [-0.1, -0.05) is 46.5 Å². The largest absolute Gasteiger partial charge is 0.317 e. The van der Waals surface area contributed by atoms with Crippen molar-refractivity contribution in [1.29, 1.82) is 0 Å². The van der Waals surface area contributed by atoms with Crippen LogP contribution in [0, 0.1) is 5.92 Å². The van der Waals surface area contributed by atoms with E-state index in [1.54, 1.807) is 0 Å². The summed E-state index contributed by atoms with van der Waals surface area (Å²) in [6.45, 7) is 8.36. The summed E-state index contributed by atoms with van der Waals surface area (Å²) in [4.78, 5) is 11.3. The van der Waals surface area contributed by atoms with Gasteiger partial charge in [0.25, 0.3) is 0 Å². The van der Waals surface area contributed by atoms with Gasteiger partial charge in [-0.05, 0) is 25.9 Å². The SMILES string of the molecule is CCNCCCCCCCCC(=O)C(C)C.[HH]. The molecule has 0 aromatic heterocycles. The minimum atomic E-state index is 0. The molecule has 0 bridgehead atoms. The average molecular weight is 229 g/mol. The molecule has 2 heteroatoms. The number of ketones is 1. The van der Waals surface area contributed by atoms with Crippen molar-refractivity contribution in [1.82, 2.24) is 5.32 Å². The van der Waals surface area contributed by atoms with Gasteiger partial charge < -0.3 is 5.32 Å². The molecule has 0 heterocycles. The van der Waals surface area contributed by atoms with Gasteiger partial charge in [-0.15, -0.1) is 0 Å². The molecule has 0 spiro atoms. The Labute approximate surface area is 103 Å². The first-order valence-corrected chi connectivity index (χ1v) is 6.92. The summed E-state index contributed by atoms with van der Waals surface area (Å²) < 4.78 is 0. The molecule has 0 aliphatic rings. The second kappa shape index (κ2) is 11.1. The lowest BCUT2D eigenvalue weighted by Gasteiger charge is -2.04. The smallest absolute Gasteiger partial charge is 0.135 e. The third kappa shape index (κ3) is 10.2. The topological polar surface area (TPSA) is 29.1 Å². The Bertz CT molecular complexity index is 172. The molecule has 0 amide bonds. The van der Waals surface area contributed by atoms with Gasteiger partial charge in [0, 0.05) is 13.8 Å². The number of unbranched alkanes of at least 4 members (excludes halogenated alkanes) is 5. The van der Waals surface area contributed by atoms with Gasteiger partial charge in [0.05, 0.1) is 0 Å². The van der Waals surface area contributed by atoms with Gasteiger partial charge in [-0.25, -0.2) is 0 Å². The molecule has 98 valence electrons. The maximum absolute atomic E-state index is 11.3. The Morgan fingerprint density at radius 2 is 1.62 bits per heavy atom. The zero-order chi connectivity index (χ0) is 12.2. The summed E-state index contributed by atoms with van der Waals surface area (Å²) in [5.74, 6) is 0.646. The van der Waals surface area contributed by atoms with Crippen molar-refractivity contribution >= 4 is 5.78 Å². The number of hydrogen-bond acceptors (Lipinski definition) is 2. The summed E-state index contributed by atoms with van der Waals surface area (Å²) in [7, 11) is 0. The molecule has 0 aromatic rings. The zero-order valence-corrected chi connectivity index (χ0v) is 11.3. The first kappa shape index (κ1) is 15.6. The second-order valence-corrected chi connectivity index (χ2v) is 4.85. The van der Waals surface area contributed by atoms with Gasteiger partial charge in [0.2, 0.25) is 0 Å². The summed E-state index contributed by atoms with van der Waals surface area (Å²) in [6.07, 6.45) is 8.32. The molecule has 0 fully saturated rings. The van der Waals surface area contributed by atoms with E-state index in [-0.39, 0.29) is 7.34 Å². The third-order valence-electron chi connectivity index (χ3n) is 2.92. The average Bonchev–Trinajstić information content (AvgIpc) is 2.26. The van der Waals surface area contributed by atoms with E-state index < -0.39 is 0 Å². The molecule has 0 saturated heterocycles. The monoisotopic (exact) mass is 229 g/mol. The number of Topliss-reactive ketones (excluding diaryl/α,β-unsaturated/α-hetero) is 1. The van der Waals surface area contributed by atoms with Crippen LogP contribution in [0.15, 0.2) is 0 Å². The van der Waals surface area contributed by atoms with Crippen LogP contribution in [-0.2, 0) is 4.79 Å². The molecular formula is C14H31NO. The normalized spacial score (nSPS) is 11.0. The van der Waals surface area contributed by atoms with Crippen molar-refractivity contribution in [3.63, 3.8) is 0 Å². The quantitative estimate of drug-likeness (QED) is 0.546. The number of carbonyl (C=O) groups excluding carboxylic acids is 1. The molecule has 0 unspecified atom stereocenters. The van der Waals surface area contributed by atoms with E-state index in [2.05, 4.69) is 12.2 Å². The lowest BCUT2D eigenvalue weighted by molar-refractivity contribution is -0.122. The van der Waals surface area contributed by atoms with Gasteiger partial charge in [-0.3, -0.25) is 4.79 Å². The van der Waals surface area contributed by atoms with Gasteiger partial charge in [-0.2, -0.15) is 0 Å². The maximum Gasteiger partial charge on any atom is 0.135 e. The van der Waals surface area contributed by atoms with E-state index >= 15 is 0 Å². The van der Waals surface area contributed by atoms with Gasteiger partial charge in [0.1, 0.15) is 5.78 Å². The van der Waals surface area contributed by atoms with Crippen molar-refractivity contribution < 1.29 is 6.22 Å². The molecule has 0 aliphatic heterocycles. The van der Waals surface area contributed by atoms with Crippen LogP contribution in [0.4, 0.5) is 0 Å². The molecule has 1 N–H and O–H groups in total. The van der Waals surface area contributed by atoms with Crippen molar-refractivity contribution in [3.05, 3.63) is 0 Å². The molecule has 2 nitrogen and oxygen atoms in total. The Hall–Kier alpha value is -0.370. The lowest BCUT2D eigenvalue weighted by Crippen LogP contribution is -2.13. The van der Waals surface area contributed by atoms with E-state index in [4.69, 9.17) is 0 Å². The fraction of sp³-hybridized carbons (Fsp3) is 0.929. The standard InChI is InChI=1S/C14H29NO.H2/c1-4-15-12-10-8-6-5-7-9-11-14(16)13(2)3;/h13,15H,4-12H2,1-3H3;1H. The predicted octanol–water partition coefficient (Wildman–Crippen LogP) is 3.80. The van der Waals surface area contributed by atoms with Crippen LogP contribution in [0.5, 0.6) is 0 Å². The minimum Gasteiger partial charge on any atom is -0.317 e. The van der Waals surface area contributed by atoms with Gasteiger partial charge >= 0.3 is 0 Å². The third-order valence-corrected chi connectivity index (χ3v) is 2.92. The van der Waals surface area contributed by atoms with Crippen molar-refractivity contribution in [2.75, 3.05) is 13.1 Å². The Balaban J connectivity index is 0. The van der Waals surface area contributed by atoms with Gasteiger partial charge in [0.15, 0.2) is 0 Å². The number of carbonyl (C=O) groups is 1. The van der Waals surface area contributed by atoms with Crippen molar-refractivity contribution in [2.45, 2.75) is 65.7 Å². The second-order valence-electron chi connectivity index (χ2n) is 4.85. The summed E-state index contributed by atoms with van der Waals surface area (Å²) in [5, 5.41) is 3.33. The van der Waals surface area contributed by atoms with Crippen LogP contribution in [0.3, 0.4) is 0 Å². The summed E-state index contributed by atoms with van der Waals surface area (Å²) >= 11 is 0. The highest BCUT2D eigenvalue weighted by Gasteiger charge is 2.05. The number of hydrogen-bond donors (Lipinski definition) is 1. The Morgan fingerprint density at radius 1 is 1.06 bits per heavy atom. The van der Waals surface area contributed by atoms with Crippen molar-refractivity contribution in [2.24, 2.45) is 5.92 Å². The molecule has 0 aliphatic carbocycles. The molecule has 16 heavy (non-hydrogen) atoms. The highest BCUT2D eigenvalue weighted by molar-refractivity contribution is 5.80. The van der Waals surface area contributed by atoms with Crippen molar-refractivity contribution in [3.8, 4) is 0 Å². The highest BCUT2D eigenvalue weighted by atomic mass is 16.1. The fourth-order valence-electron chi connectivity index (χ4n) is 1.72. The van der Waals surface area contributed by atoms with E-state index in [0.29, 0.717) is 5.78 Å². The minimum absolute atomic E-state index is 0. The van der Waals surface area contributed by atoms with Crippen LogP contribution in [-0.4, -0.2) is 18.9 Å². The Morgan fingerprint density at radius 3 is 2.19 bits per heavy atom. The van der Waals surface area contributed by atoms with E-state index in [1.807, 2.05) is 13.8 Å². The molecule has 0 rings (SSSR count).